The molecule has 7 heteroatoms. The number of pyridine rings is 1. The zero-order valence-corrected chi connectivity index (χ0v) is 11.4. The Morgan fingerprint density at radius 1 is 1.35 bits per heavy atom. The average molecular weight is 289 g/mol. The first-order chi connectivity index (χ1) is 9.29. The number of rotatable bonds is 6. The van der Waals surface area contributed by atoms with E-state index in [9.17, 15) is 18.0 Å². The molecule has 0 atom stereocenters. The summed E-state index contributed by atoms with van der Waals surface area (Å²) in [5.74, 6) is -0.239. The van der Waals surface area contributed by atoms with Crippen molar-refractivity contribution in [1.82, 2.24) is 10.3 Å². The second kappa shape index (κ2) is 7.23. The molecule has 1 heterocycles. The van der Waals surface area contributed by atoms with Crippen LogP contribution in [0.4, 0.5) is 18.9 Å². The van der Waals surface area contributed by atoms with E-state index >= 15 is 0 Å². The van der Waals surface area contributed by atoms with Crippen molar-refractivity contribution in [2.45, 2.75) is 38.9 Å². The first-order valence-corrected chi connectivity index (χ1v) is 6.35. The monoisotopic (exact) mass is 289 g/mol. The number of alkyl halides is 3. The molecule has 0 saturated heterocycles. The van der Waals surface area contributed by atoms with Crippen LogP contribution in [-0.4, -0.2) is 23.5 Å². The lowest BCUT2D eigenvalue weighted by atomic mass is 10.2. The Hall–Kier alpha value is -1.63. The summed E-state index contributed by atoms with van der Waals surface area (Å²) >= 11 is 0. The number of hydrogen-bond donors (Lipinski definition) is 2. The van der Waals surface area contributed by atoms with Gasteiger partial charge in [-0.1, -0.05) is 13.8 Å². The van der Waals surface area contributed by atoms with Gasteiger partial charge in [0.05, 0.1) is 11.9 Å². The molecule has 0 aliphatic carbocycles. The van der Waals surface area contributed by atoms with Gasteiger partial charge >= 0.3 is 6.18 Å². The molecule has 0 unspecified atom stereocenters. The van der Waals surface area contributed by atoms with Crippen LogP contribution in [0.25, 0.3) is 0 Å². The predicted molar refractivity (Wildman–Crippen MR) is 70.2 cm³/mol. The van der Waals surface area contributed by atoms with Crippen molar-refractivity contribution >= 4 is 11.6 Å². The Kier molecular flexibility index (Phi) is 5.94. The van der Waals surface area contributed by atoms with Crippen LogP contribution in [0.5, 0.6) is 0 Å². The number of halogens is 3. The molecular formula is C13H18F3N3O. The molecule has 2 N–H and O–H groups in total. The summed E-state index contributed by atoms with van der Waals surface area (Å²) in [7, 11) is 0. The van der Waals surface area contributed by atoms with Gasteiger partial charge < -0.3 is 10.6 Å². The highest BCUT2D eigenvalue weighted by molar-refractivity contribution is 5.90. The standard InChI is InChI=1S/C13H18F3N3O/c1-9(2)17-7-3-4-12(20)19-10-5-6-11(18-8-10)13(14,15)16/h5-6,8-9,17H,3-4,7H2,1-2H3,(H,19,20). The maximum Gasteiger partial charge on any atom is 0.433 e. The molecule has 0 aliphatic heterocycles. The van der Waals surface area contributed by atoms with Gasteiger partial charge in [-0.15, -0.1) is 0 Å². The van der Waals surface area contributed by atoms with E-state index in [0.717, 1.165) is 18.8 Å². The molecule has 1 rings (SSSR count). The fourth-order valence-corrected chi connectivity index (χ4v) is 1.50. The molecule has 0 bridgehead atoms. The average Bonchev–Trinajstić information content (AvgIpc) is 2.34. The topological polar surface area (TPSA) is 54.0 Å². The van der Waals surface area contributed by atoms with Crippen LogP contribution >= 0.6 is 0 Å². The van der Waals surface area contributed by atoms with Gasteiger partial charge in [-0.3, -0.25) is 4.79 Å². The van der Waals surface area contributed by atoms with Gasteiger partial charge in [0, 0.05) is 12.5 Å². The highest BCUT2D eigenvalue weighted by Crippen LogP contribution is 2.27. The second-order valence-electron chi connectivity index (χ2n) is 4.69. The van der Waals surface area contributed by atoms with E-state index in [4.69, 9.17) is 0 Å². The quantitative estimate of drug-likeness (QED) is 0.792. The van der Waals surface area contributed by atoms with E-state index in [1.54, 1.807) is 0 Å². The van der Waals surface area contributed by atoms with Crippen LogP contribution < -0.4 is 10.6 Å². The van der Waals surface area contributed by atoms with Crippen LogP contribution in [0.3, 0.4) is 0 Å². The summed E-state index contributed by atoms with van der Waals surface area (Å²) in [6.07, 6.45) is -2.49. The number of carbonyl (C=O) groups excluding carboxylic acids is 1. The van der Waals surface area contributed by atoms with E-state index in [1.807, 2.05) is 13.8 Å². The van der Waals surface area contributed by atoms with Crippen molar-refractivity contribution in [2.75, 3.05) is 11.9 Å². The van der Waals surface area contributed by atoms with Crippen molar-refractivity contribution in [2.24, 2.45) is 0 Å². The molecule has 4 nitrogen and oxygen atoms in total. The smallest absolute Gasteiger partial charge is 0.325 e. The van der Waals surface area contributed by atoms with Crippen molar-refractivity contribution in [3.8, 4) is 0 Å². The Bertz CT molecular complexity index is 429. The van der Waals surface area contributed by atoms with Crippen molar-refractivity contribution < 1.29 is 18.0 Å². The molecule has 0 radical (unpaired) electrons. The van der Waals surface area contributed by atoms with Crippen LogP contribution in [0, 0.1) is 0 Å². The van der Waals surface area contributed by atoms with Gasteiger partial charge in [0.25, 0.3) is 0 Å². The van der Waals surface area contributed by atoms with Crippen LogP contribution in [0.1, 0.15) is 32.4 Å². The zero-order chi connectivity index (χ0) is 15.2. The molecule has 0 fully saturated rings. The third kappa shape index (κ3) is 6.01. The van der Waals surface area contributed by atoms with Gasteiger partial charge in [0.2, 0.25) is 5.91 Å². The fraction of sp³-hybridized carbons (Fsp3) is 0.538. The summed E-state index contributed by atoms with van der Waals surface area (Å²) in [6, 6.07) is 2.40. The van der Waals surface area contributed by atoms with E-state index in [2.05, 4.69) is 15.6 Å². The van der Waals surface area contributed by atoms with E-state index in [-0.39, 0.29) is 11.6 Å². The minimum absolute atomic E-state index is 0.239. The van der Waals surface area contributed by atoms with Gasteiger partial charge in [-0.25, -0.2) is 4.98 Å². The molecule has 1 amide bonds. The summed E-state index contributed by atoms with van der Waals surface area (Å²) in [4.78, 5) is 14.8. The largest absolute Gasteiger partial charge is 0.433 e. The minimum atomic E-state index is -4.47. The van der Waals surface area contributed by atoms with Crippen LogP contribution in [0.15, 0.2) is 18.3 Å². The Morgan fingerprint density at radius 2 is 2.05 bits per heavy atom. The van der Waals surface area contributed by atoms with Gasteiger partial charge in [0.1, 0.15) is 5.69 Å². The lowest BCUT2D eigenvalue weighted by Gasteiger charge is -2.09. The van der Waals surface area contributed by atoms with Crippen LogP contribution in [0.2, 0.25) is 0 Å². The zero-order valence-electron chi connectivity index (χ0n) is 11.4. The Labute approximate surface area is 115 Å². The second-order valence-corrected chi connectivity index (χ2v) is 4.69. The molecule has 0 spiro atoms. The van der Waals surface area contributed by atoms with Crippen molar-refractivity contribution in [3.63, 3.8) is 0 Å². The molecule has 0 saturated carbocycles. The summed E-state index contributed by atoms with van der Waals surface area (Å²) < 4.78 is 36.9. The van der Waals surface area contributed by atoms with E-state index in [0.29, 0.717) is 18.9 Å². The molecule has 1 aromatic heterocycles. The molecule has 20 heavy (non-hydrogen) atoms. The Morgan fingerprint density at radius 3 is 2.55 bits per heavy atom. The van der Waals surface area contributed by atoms with Gasteiger partial charge in [-0.2, -0.15) is 13.2 Å². The third-order valence-corrected chi connectivity index (χ3v) is 2.47. The SMILES string of the molecule is CC(C)NCCCC(=O)Nc1ccc(C(F)(F)F)nc1. The molecule has 1 aromatic rings. The minimum Gasteiger partial charge on any atom is -0.325 e. The fourth-order valence-electron chi connectivity index (χ4n) is 1.50. The number of amides is 1. The Balaban J connectivity index is 2.39. The summed E-state index contributed by atoms with van der Waals surface area (Å²) in [5.41, 5.74) is -0.712. The molecular weight excluding hydrogens is 271 g/mol. The van der Waals surface area contributed by atoms with Gasteiger partial charge in [0.15, 0.2) is 0 Å². The van der Waals surface area contributed by atoms with Gasteiger partial charge in [-0.05, 0) is 25.1 Å². The lowest BCUT2D eigenvalue weighted by Crippen LogP contribution is -2.24. The number of aromatic nitrogens is 1. The number of nitrogens with zero attached hydrogens (tertiary/aromatic N) is 1. The normalized spacial score (nSPS) is 11.7. The van der Waals surface area contributed by atoms with E-state index < -0.39 is 11.9 Å². The maximum absolute atomic E-state index is 12.3. The number of anilines is 1. The summed E-state index contributed by atoms with van der Waals surface area (Å²) in [6.45, 7) is 4.73. The number of hydrogen-bond acceptors (Lipinski definition) is 3. The summed E-state index contributed by atoms with van der Waals surface area (Å²) in [5, 5.41) is 5.68. The van der Waals surface area contributed by atoms with Crippen molar-refractivity contribution in [1.29, 1.82) is 0 Å². The first kappa shape index (κ1) is 16.4. The van der Waals surface area contributed by atoms with Crippen LogP contribution in [-0.2, 0) is 11.0 Å². The third-order valence-electron chi connectivity index (χ3n) is 2.47. The highest BCUT2D eigenvalue weighted by atomic mass is 19.4. The number of carbonyl (C=O) groups is 1. The molecule has 0 aliphatic rings. The molecule has 112 valence electrons. The first-order valence-electron chi connectivity index (χ1n) is 6.35. The predicted octanol–water partition coefficient (Wildman–Crippen LogP) is 2.82. The maximum atomic E-state index is 12.3. The van der Waals surface area contributed by atoms with E-state index in [1.165, 1.54) is 6.07 Å². The lowest BCUT2D eigenvalue weighted by molar-refractivity contribution is -0.141. The molecule has 0 aromatic carbocycles. The highest BCUT2D eigenvalue weighted by Gasteiger charge is 2.32. The number of nitrogens with one attached hydrogen (secondary N) is 2. The van der Waals surface area contributed by atoms with Crippen molar-refractivity contribution in [3.05, 3.63) is 24.0 Å².